The number of ether oxygens (including phenoxy) is 2. The molecular formula is C45H32N2O2. The number of para-hydroxylation sites is 4. The van der Waals surface area contributed by atoms with Crippen molar-refractivity contribution in [1.29, 1.82) is 0 Å². The molecule has 0 atom stereocenters. The van der Waals surface area contributed by atoms with Crippen LogP contribution in [0.15, 0.2) is 182 Å². The molecule has 0 bridgehead atoms. The molecule has 4 heteroatoms. The summed E-state index contributed by atoms with van der Waals surface area (Å²) in [4.78, 5) is 7.77. The normalized spacial score (nSPS) is 12.7. The van der Waals surface area contributed by atoms with Crippen molar-refractivity contribution in [3.8, 4) is 56.6 Å². The molecule has 1 aliphatic rings. The van der Waals surface area contributed by atoms with Gasteiger partial charge in [0, 0.05) is 33.9 Å². The van der Waals surface area contributed by atoms with E-state index in [0.717, 1.165) is 56.9 Å². The molecule has 1 aliphatic carbocycles. The van der Waals surface area contributed by atoms with Crippen LogP contribution in [0, 0.1) is 0 Å². The Bertz CT molecular complexity index is 2230. The summed E-state index contributed by atoms with van der Waals surface area (Å²) in [6, 6.07) is 62.5. The maximum atomic E-state index is 6.39. The molecule has 0 spiro atoms. The van der Waals surface area contributed by atoms with E-state index in [2.05, 4.69) is 107 Å². The number of aromatic amines is 2. The molecule has 234 valence electrons. The molecule has 9 rings (SSSR count). The highest BCUT2D eigenvalue weighted by atomic mass is 16.5. The van der Waals surface area contributed by atoms with Crippen LogP contribution in [0.3, 0.4) is 0 Å². The van der Waals surface area contributed by atoms with Crippen LogP contribution in [0.2, 0.25) is 0 Å². The number of aromatic nitrogens is 2. The molecule has 4 nitrogen and oxygen atoms in total. The smallest absolute Gasteiger partial charge is 0.136 e. The monoisotopic (exact) mass is 632 g/mol. The van der Waals surface area contributed by atoms with Gasteiger partial charge in [0.05, 0.1) is 0 Å². The average Bonchev–Trinajstić information content (AvgIpc) is 3.91. The van der Waals surface area contributed by atoms with E-state index in [1.165, 1.54) is 22.3 Å². The first kappa shape index (κ1) is 28.7. The second-order valence-electron chi connectivity index (χ2n) is 12.2. The van der Waals surface area contributed by atoms with Gasteiger partial charge >= 0.3 is 0 Å². The lowest BCUT2D eigenvalue weighted by molar-refractivity contribution is 0.484. The van der Waals surface area contributed by atoms with Crippen molar-refractivity contribution >= 4 is 0 Å². The molecule has 0 saturated carbocycles. The predicted molar refractivity (Wildman–Crippen MR) is 196 cm³/mol. The van der Waals surface area contributed by atoms with Gasteiger partial charge in [-0.3, -0.25) is 0 Å². The van der Waals surface area contributed by atoms with E-state index >= 15 is 0 Å². The minimum Gasteiger partial charge on any atom is -0.457 e. The molecular weight excluding hydrogens is 601 g/mol. The highest BCUT2D eigenvalue weighted by molar-refractivity contribution is 5.86. The van der Waals surface area contributed by atoms with Gasteiger partial charge in [0.2, 0.25) is 0 Å². The molecule has 2 N–H and O–H groups in total. The van der Waals surface area contributed by atoms with E-state index in [-0.39, 0.29) is 0 Å². The van der Waals surface area contributed by atoms with Gasteiger partial charge in [-0.15, -0.1) is 0 Å². The lowest BCUT2D eigenvalue weighted by Gasteiger charge is -2.31. The largest absolute Gasteiger partial charge is 0.457 e. The lowest BCUT2D eigenvalue weighted by atomic mass is 9.73. The number of nitrogens with one attached hydrogen (secondary N) is 2. The van der Waals surface area contributed by atoms with Crippen LogP contribution in [0.1, 0.15) is 22.5 Å². The number of H-pyrrole nitrogens is 2. The third-order valence-corrected chi connectivity index (χ3v) is 9.43. The van der Waals surface area contributed by atoms with E-state index in [9.17, 15) is 0 Å². The topological polar surface area (TPSA) is 50.0 Å². The zero-order chi connectivity index (χ0) is 32.6. The summed E-state index contributed by atoms with van der Waals surface area (Å²) in [5, 5.41) is 0. The van der Waals surface area contributed by atoms with Gasteiger partial charge in [0.1, 0.15) is 28.4 Å². The Balaban J connectivity index is 1.21. The van der Waals surface area contributed by atoms with Crippen molar-refractivity contribution in [3.63, 3.8) is 0 Å². The molecule has 2 aromatic heterocycles. The molecule has 8 aromatic rings. The first-order valence-corrected chi connectivity index (χ1v) is 16.5. The molecule has 0 amide bonds. The first-order chi connectivity index (χ1) is 24.3. The maximum Gasteiger partial charge on any atom is 0.136 e. The second-order valence-corrected chi connectivity index (χ2v) is 12.2. The van der Waals surface area contributed by atoms with Crippen LogP contribution in [-0.2, 0) is 5.41 Å². The summed E-state index contributed by atoms with van der Waals surface area (Å²) in [7, 11) is 0. The Kier molecular flexibility index (Phi) is 6.98. The van der Waals surface area contributed by atoms with Crippen LogP contribution < -0.4 is 9.47 Å². The van der Waals surface area contributed by atoms with Gasteiger partial charge in [0.25, 0.3) is 0 Å². The Labute approximate surface area is 285 Å². The summed E-state index contributed by atoms with van der Waals surface area (Å²) >= 11 is 0. The highest BCUT2D eigenvalue weighted by Crippen LogP contribution is 2.56. The molecule has 0 radical (unpaired) electrons. The number of benzene rings is 6. The van der Waals surface area contributed by atoms with Gasteiger partial charge in [-0.05, 0) is 95.1 Å². The summed E-state index contributed by atoms with van der Waals surface area (Å²) < 4.78 is 12.8. The van der Waals surface area contributed by atoms with Gasteiger partial charge in [-0.2, -0.15) is 0 Å². The minimum absolute atomic E-state index is 0.631. The van der Waals surface area contributed by atoms with Crippen molar-refractivity contribution in [3.05, 3.63) is 205 Å². The van der Waals surface area contributed by atoms with E-state index < -0.39 is 5.41 Å². The fourth-order valence-corrected chi connectivity index (χ4v) is 7.29. The van der Waals surface area contributed by atoms with E-state index in [1.54, 1.807) is 0 Å². The third kappa shape index (κ3) is 4.85. The summed E-state index contributed by atoms with van der Waals surface area (Å²) in [6.45, 7) is 0. The molecule has 49 heavy (non-hydrogen) atoms. The van der Waals surface area contributed by atoms with Crippen molar-refractivity contribution in [1.82, 2.24) is 9.97 Å². The lowest BCUT2D eigenvalue weighted by Crippen LogP contribution is -2.29. The van der Waals surface area contributed by atoms with Crippen molar-refractivity contribution in [2.24, 2.45) is 0 Å². The predicted octanol–water partition coefficient (Wildman–Crippen LogP) is 11.6. The SMILES string of the molecule is c1ccc(Oc2ccccc2-c2ccc(C3(c4ccc(-c5ccccc5Oc5ccccc5)[nH]4)c4ccccc4-c4ccccc43)[nH]2)cc1. The van der Waals surface area contributed by atoms with Crippen molar-refractivity contribution in [2.45, 2.75) is 5.41 Å². The maximum absolute atomic E-state index is 6.39. The van der Waals surface area contributed by atoms with Gasteiger partial charge in [-0.1, -0.05) is 109 Å². The molecule has 0 saturated heterocycles. The average molecular weight is 633 g/mol. The highest BCUT2D eigenvalue weighted by Gasteiger charge is 2.48. The van der Waals surface area contributed by atoms with Crippen molar-refractivity contribution < 1.29 is 9.47 Å². The molecule has 6 aromatic carbocycles. The Hall–Kier alpha value is -6.52. The van der Waals surface area contributed by atoms with Crippen LogP contribution >= 0.6 is 0 Å². The Morgan fingerprint density at radius 3 is 1.14 bits per heavy atom. The summed E-state index contributed by atoms with van der Waals surface area (Å²) in [5.74, 6) is 3.18. The van der Waals surface area contributed by atoms with E-state index in [1.807, 2.05) is 84.9 Å². The molecule has 2 heterocycles. The third-order valence-electron chi connectivity index (χ3n) is 9.43. The first-order valence-electron chi connectivity index (χ1n) is 16.5. The standard InChI is InChI=1S/C45H32N2O2/c1-3-15-31(16-4-1)48-41-25-13-9-21-35(41)39-27-29-43(46-39)45(37-23-11-7-19-33(37)34-20-8-12-24-38(34)45)44-30-28-40(47-44)36-22-10-14-26-42(36)49-32-17-5-2-6-18-32/h1-30,46-47H. The van der Waals surface area contributed by atoms with E-state index in [4.69, 9.17) is 9.47 Å². The Morgan fingerprint density at radius 1 is 0.327 bits per heavy atom. The molecule has 0 aliphatic heterocycles. The quantitative estimate of drug-likeness (QED) is 0.175. The van der Waals surface area contributed by atoms with Crippen molar-refractivity contribution in [2.75, 3.05) is 0 Å². The fourth-order valence-electron chi connectivity index (χ4n) is 7.29. The molecule has 0 fully saturated rings. The summed E-state index contributed by atoms with van der Waals surface area (Å²) in [5.41, 5.74) is 10.4. The second kappa shape index (κ2) is 11.9. The number of hydrogen-bond acceptors (Lipinski definition) is 2. The number of rotatable bonds is 8. The van der Waals surface area contributed by atoms with Gasteiger partial charge in [0.15, 0.2) is 0 Å². The van der Waals surface area contributed by atoms with Crippen LogP contribution in [0.5, 0.6) is 23.0 Å². The van der Waals surface area contributed by atoms with Gasteiger partial charge < -0.3 is 19.4 Å². The van der Waals surface area contributed by atoms with Gasteiger partial charge in [-0.25, -0.2) is 0 Å². The zero-order valence-corrected chi connectivity index (χ0v) is 26.6. The van der Waals surface area contributed by atoms with Crippen LogP contribution in [-0.4, -0.2) is 9.97 Å². The van der Waals surface area contributed by atoms with E-state index in [0.29, 0.717) is 0 Å². The van der Waals surface area contributed by atoms with Crippen LogP contribution in [0.25, 0.3) is 33.6 Å². The summed E-state index contributed by atoms with van der Waals surface area (Å²) in [6.07, 6.45) is 0. The zero-order valence-electron chi connectivity index (χ0n) is 26.6. The minimum atomic E-state index is -0.631. The Morgan fingerprint density at radius 2 is 0.694 bits per heavy atom. The number of fused-ring (bicyclic) bond motifs is 3. The van der Waals surface area contributed by atoms with Crippen LogP contribution in [0.4, 0.5) is 0 Å². The fraction of sp³-hybridized carbons (Fsp3) is 0.0222. The number of hydrogen-bond donors (Lipinski definition) is 2. The molecule has 0 unspecified atom stereocenters.